The van der Waals surface area contributed by atoms with Gasteiger partial charge in [0.1, 0.15) is 0 Å². The second kappa shape index (κ2) is 3.44. The van der Waals surface area contributed by atoms with Gasteiger partial charge in [-0.25, -0.2) is 0 Å². The van der Waals surface area contributed by atoms with E-state index in [1.807, 2.05) is 0 Å². The molecule has 2 N–H and O–H groups in total. The standard InChI is InChI=1S/C9H18N2O/c1-9(2,3)4-8(12)11-7-5-10-6-7/h7,10H,4-6H2,1-3H3,(H,11,12). The third-order valence-corrected chi connectivity index (χ3v) is 1.84. The summed E-state index contributed by atoms with van der Waals surface area (Å²) in [6.07, 6.45) is 0.615. The molecule has 1 aliphatic heterocycles. The van der Waals surface area contributed by atoms with Crippen LogP contribution in [0.2, 0.25) is 0 Å². The lowest BCUT2D eigenvalue weighted by Crippen LogP contribution is -2.57. The van der Waals surface area contributed by atoms with Gasteiger partial charge in [0, 0.05) is 19.5 Å². The van der Waals surface area contributed by atoms with Gasteiger partial charge in [0.25, 0.3) is 0 Å². The molecule has 0 atom stereocenters. The number of carbonyl (C=O) groups excluding carboxylic acids is 1. The molecule has 1 amide bonds. The number of nitrogens with one attached hydrogen (secondary N) is 2. The van der Waals surface area contributed by atoms with Crippen LogP contribution in [0.15, 0.2) is 0 Å². The molecule has 0 bridgehead atoms. The highest BCUT2D eigenvalue weighted by atomic mass is 16.1. The molecule has 70 valence electrons. The van der Waals surface area contributed by atoms with Crippen LogP contribution < -0.4 is 10.6 Å². The van der Waals surface area contributed by atoms with Gasteiger partial charge in [-0.3, -0.25) is 4.79 Å². The first-order chi connectivity index (χ1) is 5.47. The van der Waals surface area contributed by atoms with Gasteiger partial charge in [-0.15, -0.1) is 0 Å². The topological polar surface area (TPSA) is 41.1 Å². The van der Waals surface area contributed by atoms with E-state index in [9.17, 15) is 4.79 Å². The fraction of sp³-hybridized carbons (Fsp3) is 0.889. The summed E-state index contributed by atoms with van der Waals surface area (Å²) in [6, 6.07) is 0.375. The normalized spacial score (nSPS) is 18.6. The van der Waals surface area contributed by atoms with E-state index in [0.29, 0.717) is 12.5 Å². The largest absolute Gasteiger partial charge is 0.351 e. The van der Waals surface area contributed by atoms with E-state index in [0.717, 1.165) is 13.1 Å². The highest BCUT2D eigenvalue weighted by Gasteiger charge is 2.21. The number of hydrogen-bond acceptors (Lipinski definition) is 2. The van der Waals surface area contributed by atoms with Gasteiger partial charge < -0.3 is 10.6 Å². The quantitative estimate of drug-likeness (QED) is 0.634. The molecule has 0 aromatic heterocycles. The first kappa shape index (κ1) is 9.52. The Morgan fingerprint density at radius 1 is 1.50 bits per heavy atom. The van der Waals surface area contributed by atoms with Crippen LogP contribution in [0.5, 0.6) is 0 Å². The van der Waals surface area contributed by atoms with Gasteiger partial charge in [-0.05, 0) is 5.41 Å². The zero-order valence-electron chi connectivity index (χ0n) is 8.11. The predicted molar refractivity (Wildman–Crippen MR) is 48.9 cm³/mol. The molecule has 1 fully saturated rings. The summed E-state index contributed by atoms with van der Waals surface area (Å²) < 4.78 is 0. The molecule has 0 unspecified atom stereocenters. The van der Waals surface area contributed by atoms with Gasteiger partial charge in [-0.2, -0.15) is 0 Å². The highest BCUT2D eigenvalue weighted by molar-refractivity contribution is 5.77. The van der Waals surface area contributed by atoms with E-state index in [1.54, 1.807) is 0 Å². The van der Waals surface area contributed by atoms with Crippen molar-refractivity contribution >= 4 is 5.91 Å². The Morgan fingerprint density at radius 2 is 2.08 bits per heavy atom. The first-order valence-electron chi connectivity index (χ1n) is 4.47. The maximum absolute atomic E-state index is 11.3. The SMILES string of the molecule is CC(C)(C)CC(=O)NC1CNC1. The van der Waals surface area contributed by atoms with E-state index in [-0.39, 0.29) is 11.3 Å². The van der Waals surface area contributed by atoms with Crippen molar-refractivity contribution in [2.45, 2.75) is 33.2 Å². The van der Waals surface area contributed by atoms with Gasteiger partial charge in [0.05, 0.1) is 6.04 Å². The summed E-state index contributed by atoms with van der Waals surface area (Å²) in [6.45, 7) is 8.08. The van der Waals surface area contributed by atoms with Crippen LogP contribution in [0, 0.1) is 5.41 Å². The molecule has 3 nitrogen and oxygen atoms in total. The highest BCUT2D eigenvalue weighted by Crippen LogP contribution is 2.17. The molecule has 1 heterocycles. The Labute approximate surface area is 73.9 Å². The van der Waals surface area contributed by atoms with Crippen LogP contribution >= 0.6 is 0 Å². The minimum absolute atomic E-state index is 0.0985. The van der Waals surface area contributed by atoms with Crippen molar-refractivity contribution in [3.63, 3.8) is 0 Å². The minimum atomic E-state index is 0.0985. The van der Waals surface area contributed by atoms with Crippen molar-refractivity contribution in [2.75, 3.05) is 13.1 Å². The summed E-state index contributed by atoms with van der Waals surface area (Å²) in [5.74, 6) is 0.175. The molecular weight excluding hydrogens is 152 g/mol. The number of carbonyl (C=O) groups is 1. The van der Waals surface area contributed by atoms with E-state index in [4.69, 9.17) is 0 Å². The number of amides is 1. The third kappa shape index (κ3) is 3.22. The molecule has 0 aromatic carbocycles. The Bertz CT molecular complexity index is 168. The Hall–Kier alpha value is -0.570. The van der Waals surface area contributed by atoms with Crippen LogP contribution in [0.4, 0.5) is 0 Å². The van der Waals surface area contributed by atoms with Crippen molar-refractivity contribution in [3.05, 3.63) is 0 Å². The van der Waals surface area contributed by atoms with Crippen molar-refractivity contribution in [2.24, 2.45) is 5.41 Å². The molecule has 0 aliphatic carbocycles. The summed E-state index contributed by atoms with van der Waals surface area (Å²) in [4.78, 5) is 11.3. The third-order valence-electron chi connectivity index (χ3n) is 1.84. The van der Waals surface area contributed by atoms with Gasteiger partial charge in [-0.1, -0.05) is 20.8 Å². The molecule has 0 spiro atoms. The van der Waals surface area contributed by atoms with Crippen LogP contribution in [-0.4, -0.2) is 25.0 Å². The van der Waals surface area contributed by atoms with Crippen LogP contribution in [-0.2, 0) is 4.79 Å². The van der Waals surface area contributed by atoms with Gasteiger partial charge in [0.15, 0.2) is 0 Å². The molecule has 0 radical (unpaired) electrons. The fourth-order valence-corrected chi connectivity index (χ4v) is 1.15. The summed E-state index contributed by atoms with van der Waals surface area (Å²) in [5, 5.41) is 6.09. The average molecular weight is 170 g/mol. The zero-order valence-corrected chi connectivity index (χ0v) is 8.11. The number of hydrogen-bond donors (Lipinski definition) is 2. The van der Waals surface area contributed by atoms with Crippen LogP contribution in [0.25, 0.3) is 0 Å². The predicted octanol–water partition coefficient (Wildman–Crippen LogP) is 0.511. The zero-order chi connectivity index (χ0) is 9.19. The molecular formula is C9H18N2O. The lowest BCUT2D eigenvalue weighted by Gasteiger charge is -2.29. The summed E-state index contributed by atoms with van der Waals surface area (Å²) in [5.41, 5.74) is 0.0985. The van der Waals surface area contributed by atoms with E-state index in [2.05, 4.69) is 31.4 Å². The molecule has 0 aromatic rings. The first-order valence-corrected chi connectivity index (χ1v) is 4.47. The number of rotatable bonds is 2. The molecule has 1 aliphatic rings. The van der Waals surface area contributed by atoms with Gasteiger partial charge >= 0.3 is 0 Å². The van der Waals surface area contributed by atoms with E-state index in [1.165, 1.54) is 0 Å². The Morgan fingerprint density at radius 3 is 2.42 bits per heavy atom. The minimum Gasteiger partial charge on any atom is -0.351 e. The van der Waals surface area contributed by atoms with Crippen molar-refractivity contribution in [1.29, 1.82) is 0 Å². The second-order valence-electron chi connectivity index (χ2n) is 4.66. The molecule has 3 heteroatoms. The maximum atomic E-state index is 11.3. The second-order valence-corrected chi connectivity index (χ2v) is 4.66. The van der Waals surface area contributed by atoms with Crippen molar-refractivity contribution < 1.29 is 4.79 Å². The van der Waals surface area contributed by atoms with Crippen molar-refractivity contribution in [1.82, 2.24) is 10.6 Å². The Kier molecular flexibility index (Phi) is 2.73. The van der Waals surface area contributed by atoms with Crippen molar-refractivity contribution in [3.8, 4) is 0 Å². The molecule has 1 saturated heterocycles. The lowest BCUT2D eigenvalue weighted by atomic mass is 9.92. The van der Waals surface area contributed by atoms with E-state index >= 15 is 0 Å². The van der Waals surface area contributed by atoms with Crippen LogP contribution in [0.3, 0.4) is 0 Å². The van der Waals surface area contributed by atoms with E-state index < -0.39 is 0 Å². The molecule has 0 saturated carbocycles. The molecule has 1 rings (SSSR count). The summed E-state index contributed by atoms with van der Waals surface area (Å²) >= 11 is 0. The van der Waals surface area contributed by atoms with Gasteiger partial charge in [0.2, 0.25) is 5.91 Å². The monoisotopic (exact) mass is 170 g/mol. The van der Waals surface area contributed by atoms with Crippen LogP contribution in [0.1, 0.15) is 27.2 Å². The maximum Gasteiger partial charge on any atom is 0.220 e. The lowest BCUT2D eigenvalue weighted by molar-refractivity contribution is -0.123. The smallest absolute Gasteiger partial charge is 0.220 e. The Balaban J connectivity index is 2.19. The summed E-state index contributed by atoms with van der Waals surface area (Å²) in [7, 11) is 0. The fourth-order valence-electron chi connectivity index (χ4n) is 1.15. The molecule has 12 heavy (non-hydrogen) atoms. The average Bonchev–Trinajstić information content (AvgIpc) is 1.74.